The van der Waals surface area contributed by atoms with Gasteiger partial charge in [-0.25, -0.2) is 8.78 Å². The van der Waals surface area contributed by atoms with Crippen molar-refractivity contribution in [2.45, 2.75) is 37.6 Å². The standard InChI is InChI=1S/C12H18F2N2O/c13-12(14)5-9(6-12)7-15-3-4-16-10(8-15)1-2-11(16)17/h9-10H,1-8H2. The summed E-state index contributed by atoms with van der Waals surface area (Å²) in [4.78, 5) is 15.7. The summed E-state index contributed by atoms with van der Waals surface area (Å²) in [6.45, 7) is 3.30. The highest BCUT2D eigenvalue weighted by atomic mass is 19.3. The molecule has 2 saturated heterocycles. The molecule has 3 nitrogen and oxygen atoms in total. The number of piperazine rings is 1. The summed E-state index contributed by atoms with van der Waals surface area (Å²) in [5.41, 5.74) is 0. The van der Waals surface area contributed by atoms with E-state index in [1.807, 2.05) is 4.90 Å². The average molecular weight is 244 g/mol. The van der Waals surface area contributed by atoms with Crippen LogP contribution in [-0.2, 0) is 4.79 Å². The second-order valence-electron chi connectivity index (χ2n) is 5.67. The van der Waals surface area contributed by atoms with Crippen LogP contribution in [-0.4, -0.2) is 53.9 Å². The van der Waals surface area contributed by atoms with Crippen molar-refractivity contribution in [1.29, 1.82) is 0 Å². The van der Waals surface area contributed by atoms with Crippen molar-refractivity contribution in [1.82, 2.24) is 9.80 Å². The molecule has 1 atom stereocenters. The third-order valence-electron chi connectivity index (χ3n) is 4.27. The van der Waals surface area contributed by atoms with Gasteiger partial charge in [0.15, 0.2) is 0 Å². The molecular weight excluding hydrogens is 226 g/mol. The van der Waals surface area contributed by atoms with E-state index in [1.54, 1.807) is 0 Å². The van der Waals surface area contributed by atoms with Crippen LogP contribution in [0.1, 0.15) is 25.7 Å². The Morgan fingerprint density at radius 3 is 2.76 bits per heavy atom. The molecule has 0 N–H and O–H groups in total. The van der Waals surface area contributed by atoms with Crippen LogP contribution < -0.4 is 0 Å². The molecule has 0 spiro atoms. The number of amides is 1. The van der Waals surface area contributed by atoms with Gasteiger partial charge in [0, 0.05) is 51.5 Å². The van der Waals surface area contributed by atoms with Gasteiger partial charge in [0.05, 0.1) is 0 Å². The second kappa shape index (κ2) is 3.90. The summed E-state index contributed by atoms with van der Waals surface area (Å²) in [7, 11) is 0. The molecule has 1 unspecified atom stereocenters. The Kier molecular flexibility index (Phi) is 2.61. The highest BCUT2D eigenvalue weighted by molar-refractivity contribution is 5.78. The van der Waals surface area contributed by atoms with E-state index in [0.717, 1.165) is 32.6 Å². The minimum Gasteiger partial charge on any atom is -0.337 e. The lowest BCUT2D eigenvalue weighted by Gasteiger charge is -2.42. The van der Waals surface area contributed by atoms with Crippen molar-refractivity contribution in [3.63, 3.8) is 0 Å². The van der Waals surface area contributed by atoms with Crippen molar-refractivity contribution >= 4 is 5.91 Å². The first-order valence-electron chi connectivity index (χ1n) is 6.43. The normalized spacial score (nSPS) is 33.6. The molecule has 0 bridgehead atoms. The molecule has 3 aliphatic rings. The van der Waals surface area contributed by atoms with Crippen LogP contribution in [0.25, 0.3) is 0 Å². The van der Waals surface area contributed by atoms with E-state index >= 15 is 0 Å². The van der Waals surface area contributed by atoms with Crippen molar-refractivity contribution in [2.24, 2.45) is 5.92 Å². The van der Waals surface area contributed by atoms with Crippen molar-refractivity contribution in [2.75, 3.05) is 26.2 Å². The van der Waals surface area contributed by atoms with Gasteiger partial charge < -0.3 is 4.90 Å². The molecule has 0 aromatic heterocycles. The number of carbonyl (C=O) groups is 1. The van der Waals surface area contributed by atoms with E-state index in [1.165, 1.54) is 0 Å². The average Bonchev–Trinajstić information content (AvgIpc) is 2.57. The van der Waals surface area contributed by atoms with E-state index in [2.05, 4.69) is 4.90 Å². The third-order valence-corrected chi connectivity index (χ3v) is 4.27. The second-order valence-corrected chi connectivity index (χ2v) is 5.67. The van der Waals surface area contributed by atoms with Gasteiger partial charge in [-0.3, -0.25) is 9.69 Å². The maximum atomic E-state index is 12.7. The first kappa shape index (κ1) is 11.4. The number of halogens is 2. The summed E-state index contributed by atoms with van der Waals surface area (Å²) < 4.78 is 25.5. The van der Waals surface area contributed by atoms with Gasteiger partial charge in [-0.1, -0.05) is 0 Å². The van der Waals surface area contributed by atoms with Crippen LogP contribution in [0, 0.1) is 5.92 Å². The molecule has 1 saturated carbocycles. The predicted molar refractivity (Wildman–Crippen MR) is 58.8 cm³/mol. The fourth-order valence-electron chi connectivity index (χ4n) is 3.37. The number of nitrogens with zero attached hydrogens (tertiary/aromatic N) is 2. The first-order valence-corrected chi connectivity index (χ1v) is 6.43. The zero-order valence-corrected chi connectivity index (χ0v) is 9.87. The Bertz CT molecular complexity index is 326. The van der Waals surface area contributed by atoms with Crippen LogP contribution in [0.5, 0.6) is 0 Å². The summed E-state index contributed by atoms with van der Waals surface area (Å²) >= 11 is 0. The van der Waals surface area contributed by atoms with Crippen molar-refractivity contribution in [3.8, 4) is 0 Å². The Balaban J connectivity index is 1.49. The van der Waals surface area contributed by atoms with Crippen LogP contribution in [0.3, 0.4) is 0 Å². The molecule has 1 aliphatic carbocycles. The molecule has 2 heterocycles. The molecule has 3 rings (SSSR count). The molecule has 17 heavy (non-hydrogen) atoms. The summed E-state index contributed by atoms with van der Waals surface area (Å²) in [6, 6.07) is 0.344. The van der Waals surface area contributed by atoms with Crippen molar-refractivity contribution in [3.05, 3.63) is 0 Å². The van der Waals surface area contributed by atoms with Crippen LogP contribution >= 0.6 is 0 Å². The SMILES string of the molecule is O=C1CCC2CN(CC3CC(F)(F)C3)CCN12. The number of hydrogen-bond donors (Lipinski definition) is 0. The van der Waals surface area contributed by atoms with Gasteiger partial charge in [0.25, 0.3) is 0 Å². The Labute approximate surface area is 99.7 Å². The lowest BCUT2D eigenvalue weighted by Crippen LogP contribution is -2.54. The fourth-order valence-corrected chi connectivity index (χ4v) is 3.37. The van der Waals surface area contributed by atoms with Gasteiger partial charge in [-0.05, 0) is 12.3 Å². The van der Waals surface area contributed by atoms with E-state index in [9.17, 15) is 13.6 Å². The summed E-state index contributed by atoms with van der Waals surface area (Å²) in [5, 5.41) is 0. The smallest absolute Gasteiger partial charge is 0.248 e. The highest BCUT2D eigenvalue weighted by Gasteiger charge is 2.46. The molecule has 0 aromatic carbocycles. The molecule has 0 aromatic rings. The molecule has 5 heteroatoms. The van der Waals surface area contributed by atoms with Gasteiger partial charge >= 0.3 is 0 Å². The Morgan fingerprint density at radius 2 is 2.06 bits per heavy atom. The highest BCUT2D eigenvalue weighted by Crippen LogP contribution is 2.42. The number of alkyl halides is 2. The maximum Gasteiger partial charge on any atom is 0.248 e. The van der Waals surface area contributed by atoms with Gasteiger partial charge in [-0.2, -0.15) is 0 Å². The zero-order chi connectivity index (χ0) is 12.0. The third kappa shape index (κ3) is 2.17. The first-order chi connectivity index (χ1) is 8.03. The Hall–Kier alpha value is -0.710. The van der Waals surface area contributed by atoms with E-state index in [4.69, 9.17) is 0 Å². The van der Waals surface area contributed by atoms with Crippen LogP contribution in [0.15, 0.2) is 0 Å². The summed E-state index contributed by atoms with van der Waals surface area (Å²) in [6.07, 6.45) is 1.71. The molecular formula is C12H18F2N2O. The lowest BCUT2D eigenvalue weighted by atomic mass is 9.81. The van der Waals surface area contributed by atoms with E-state index < -0.39 is 5.92 Å². The topological polar surface area (TPSA) is 23.6 Å². The number of rotatable bonds is 2. The molecule has 3 fully saturated rings. The maximum absolute atomic E-state index is 12.7. The lowest BCUT2D eigenvalue weighted by molar-refractivity contribution is -0.132. The molecule has 2 aliphatic heterocycles. The monoisotopic (exact) mass is 244 g/mol. The minimum absolute atomic E-state index is 0.0524. The van der Waals surface area contributed by atoms with Crippen LogP contribution in [0.4, 0.5) is 8.78 Å². The Morgan fingerprint density at radius 1 is 1.29 bits per heavy atom. The van der Waals surface area contributed by atoms with E-state index in [-0.39, 0.29) is 24.7 Å². The number of carbonyl (C=O) groups excluding carboxylic acids is 1. The minimum atomic E-state index is -2.41. The van der Waals surface area contributed by atoms with E-state index in [0.29, 0.717) is 12.5 Å². The van der Waals surface area contributed by atoms with Crippen molar-refractivity contribution < 1.29 is 13.6 Å². The number of hydrogen-bond acceptors (Lipinski definition) is 2. The number of fused-ring (bicyclic) bond motifs is 1. The fraction of sp³-hybridized carbons (Fsp3) is 0.917. The molecule has 96 valence electrons. The molecule has 1 amide bonds. The van der Waals surface area contributed by atoms with Gasteiger partial charge in [-0.15, -0.1) is 0 Å². The van der Waals surface area contributed by atoms with Gasteiger partial charge in [0.2, 0.25) is 11.8 Å². The predicted octanol–water partition coefficient (Wildman–Crippen LogP) is 1.34. The largest absolute Gasteiger partial charge is 0.337 e. The molecule has 0 radical (unpaired) electrons. The van der Waals surface area contributed by atoms with Crippen LogP contribution in [0.2, 0.25) is 0 Å². The zero-order valence-electron chi connectivity index (χ0n) is 9.87. The summed E-state index contributed by atoms with van der Waals surface area (Å²) in [5.74, 6) is -1.98. The van der Waals surface area contributed by atoms with Gasteiger partial charge in [0.1, 0.15) is 0 Å². The quantitative estimate of drug-likeness (QED) is 0.732.